The van der Waals surface area contributed by atoms with Gasteiger partial charge in [0.25, 0.3) is 5.91 Å². The minimum Gasteiger partial charge on any atom is -0.357 e. The number of allylic oxidation sites excluding steroid dienone is 1. The SMILES string of the molecule is O=C1C[C@H](c2ccc(Cl)cc2)CC2=C1[C@H](c1cccc(Cl)c1)N(C(=O)c1ccccc1)c1ccccc1N2. The lowest BCUT2D eigenvalue weighted by Crippen LogP contribution is -2.38. The van der Waals surface area contributed by atoms with Crippen LogP contribution in [-0.2, 0) is 4.79 Å². The van der Waals surface area contributed by atoms with Crippen molar-refractivity contribution in [2.45, 2.75) is 24.8 Å². The average Bonchev–Trinajstić information content (AvgIpc) is 3.08. The fourth-order valence-corrected chi connectivity index (χ4v) is 5.82. The number of Topliss-reactive ketones (excluding diaryl/α,β-unsaturated/α-hetero) is 1. The fourth-order valence-electron chi connectivity index (χ4n) is 5.50. The molecule has 0 fully saturated rings. The highest BCUT2D eigenvalue weighted by atomic mass is 35.5. The van der Waals surface area contributed by atoms with E-state index < -0.39 is 6.04 Å². The van der Waals surface area contributed by atoms with E-state index in [-0.39, 0.29) is 17.6 Å². The van der Waals surface area contributed by atoms with Crippen LogP contribution in [0.2, 0.25) is 10.0 Å². The number of hydrogen-bond donors (Lipinski definition) is 1. The Hall–Kier alpha value is -3.86. The standard InChI is InChI=1S/C32H24Cl2N2O2/c33-24-15-13-20(14-16-24)23-18-27-30(29(37)19-23)31(22-9-6-10-25(34)17-22)36(28-12-5-4-11-26(28)35-27)32(38)21-7-2-1-3-8-21/h1-17,23,31,35H,18-19H2/t23-,31+/m1/s1. The predicted molar refractivity (Wildman–Crippen MR) is 153 cm³/mol. The van der Waals surface area contributed by atoms with Gasteiger partial charge in [0.05, 0.1) is 17.4 Å². The van der Waals surface area contributed by atoms with Gasteiger partial charge in [0.1, 0.15) is 0 Å². The average molecular weight is 539 g/mol. The molecule has 0 aromatic heterocycles. The Morgan fingerprint density at radius 3 is 2.26 bits per heavy atom. The van der Waals surface area contributed by atoms with Crippen molar-refractivity contribution in [1.29, 1.82) is 0 Å². The first kappa shape index (κ1) is 24.5. The second-order valence-electron chi connectivity index (χ2n) is 9.61. The van der Waals surface area contributed by atoms with Crippen molar-refractivity contribution in [2.75, 3.05) is 10.2 Å². The Morgan fingerprint density at radius 1 is 0.763 bits per heavy atom. The normalized spacial score (nSPS) is 18.8. The summed E-state index contributed by atoms with van der Waals surface area (Å²) in [5.41, 5.74) is 5.28. The van der Waals surface area contributed by atoms with Gasteiger partial charge >= 0.3 is 0 Å². The lowest BCUT2D eigenvalue weighted by Gasteiger charge is -2.35. The molecule has 6 heteroatoms. The molecule has 2 atom stereocenters. The maximum atomic E-state index is 14.2. The summed E-state index contributed by atoms with van der Waals surface area (Å²) in [4.78, 5) is 30.0. The molecule has 4 aromatic rings. The predicted octanol–water partition coefficient (Wildman–Crippen LogP) is 8.21. The van der Waals surface area contributed by atoms with E-state index >= 15 is 0 Å². The summed E-state index contributed by atoms with van der Waals surface area (Å²) >= 11 is 12.6. The van der Waals surface area contributed by atoms with Gasteiger partial charge in [0, 0.05) is 33.3 Å². The minimum atomic E-state index is -0.647. The second-order valence-corrected chi connectivity index (χ2v) is 10.5. The van der Waals surface area contributed by atoms with E-state index in [9.17, 15) is 9.59 Å². The molecule has 188 valence electrons. The van der Waals surface area contributed by atoms with Crippen molar-refractivity contribution in [3.8, 4) is 0 Å². The number of para-hydroxylation sites is 2. The molecule has 0 saturated carbocycles. The molecule has 1 N–H and O–H groups in total. The first-order chi connectivity index (χ1) is 18.5. The molecular formula is C32H24Cl2N2O2. The molecule has 4 aromatic carbocycles. The highest BCUT2D eigenvalue weighted by Crippen LogP contribution is 2.48. The van der Waals surface area contributed by atoms with Crippen molar-refractivity contribution in [3.05, 3.63) is 141 Å². The molecule has 1 aliphatic carbocycles. The van der Waals surface area contributed by atoms with Gasteiger partial charge in [-0.05, 0) is 72.0 Å². The second kappa shape index (κ2) is 10.1. The molecule has 0 bridgehead atoms. The Bertz CT molecular complexity index is 1560. The van der Waals surface area contributed by atoms with E-state index in [4.69, 9.17) is 23.2 Å². The van der Waals surface area contributed by atoms with E-state index in [0.717, 1.165) is 22.5 Å². The third-order valence-corrected chi connectivity index (χ3v) is 7.72. The molecular weight excluding hydrogens is 515 g/mol. The van der Waals surface area contributed by atoms with Crippen LogP contribution in [0.5, 0.6) is 0 Å². The summed E-state index contributed by atoms with van der Waals surface area (Å²) < 4.78 is 0. The van der Waals surface area contributed by atoms with Gasteiger partial charge in [-0.2, -0.15) is 0 Å². The number of benzene rings is 4. The number of halogens is 2. The van der Waals surface area contributed by atoms with Crippen molar-refractivity contribution in [1.82, 2.24) is 0 Å². The lowest BCUT2D eigenvalue weighted by atomic mass is 9.78. The third kappa shape index (κ3) is 4.51. The van der Waals surface area contributed by atoms with Crippen LogP contribution >= 0.6 is 23.2 Å². The number of amides is 1. The zero-order valence-corrected chi connectivity index (χ0v) is 21.9. The van der Waals surface area contributed by atoms with Crippen LogP contribution in [0.3, 0.4) is 0 Å². The maximum Gasteiger partial charge on any atom is 0.259 e. The Kier molecular flexibility index (Phi) is 6.52. The van der Waals surface area contributed by atoms with Gasteiger partial charge in [-0.1, -0.05) is 77.8 Å². The van der Waals surface area contributed by atoms with Gasteiger partial charge < -0.3 is 5.32 Å². The van der Waals surface area contributed by atoms with E-state index in [1.165, 1.54) is 0 Å². The molecule has 1 aliphatic heterocycles. The molecule has 6 rings (SSSR count). The van der Waals surface area contributed by atoms with Crippen molar-refractivity contribution >= 4 is 46.3 Å². The zero-order valence-electron chi connectivity index (χ0n) is 20.4. The van der Waals surface area contributed by atoms with Crippen molar-refractivity contribution in [3.63, 3.8) is 0 Å². The van der Waals surface area contributed by atoms with Crippen LogP contribution in [0.1, 0.15) is 46.3 Å². The van der Waals surface area contributed by atoms with Crippen LogP contribution in [0.25, 0.3) is 0 Å². The van der Waals surface area contributed by atoms with Crippen LogP contribution < -0.4 is 10.2 Å². The summed E-state index contributed by atoms with van der Waals surface area (Å²) in [5.74, 6) is -0.192. The third-order valence-electron chi connectivity index (χ3n) is 7.23. The Labute approximate surface area is 231 Å². The van der Waals surface area contributed by atoms with Crippen molar-refractivity contribution in [2.24, 2.45) is 0 Å². The van der Waals surface area contributed by atoms with E-state index in [1.807, 2.05) is 84.9 Å². The number of carbonyl (C=O) groups excluding carboxylic acids is 2. The molecule has 2 aliphatic rings. The number of hydrogen-bond acceptors (Lipinski definition) is 3. The Morgan fingerprint density at radius 2 is 1.50 bits per heavy atom. The highest BCUT2D eigenvalue weighted by molar-refractivity contribution is 6.31. The highest BCUT2D eigenvalue weighted by Gasteiger charge is 2.41. The smallest absolute Gasteiger partial charge is 0.259 e. The van der Waals surface area contributed by atoms with Crippen molar-refractivity contribution < 1.29 is 9.59 Å². The van der Waals surface area contributed by atoms with Gasteiger partial charge in [-0.3, -0.25) is 14.5 Å². The zero-order chi connectivity index (χ0) is 26.2. The summed E-state index contributed by atoms with van der Waals surface area (Å²) in [7, 11) is 0. The van der Waals surface area contributed by atoms with Gasteiger partial charge in [0.15, 0.2) is 5.78 Å². The maximum absolute atomic E-state index is 14.2. The molecule has 0 unspecified atom stereocenters. The number of rotatable bonds is 3. The molecule has 1 amide bonds. The van der Waals surface area contributed by atoms with Crippen LogP contribution in [0.15, 0.2) is 114 Å². The first-order valence-electron chi connectivity index (χ1n) is 12.5. The van der Waals surface area contributed by atoms with Gasteiger partial charge in [-0.15, -0.1) is 0 Å². The Balaban J connectivity index is 1.56. The molecule has 0 saturated heterocycles. The van der Waals surface area contributed by atoms with Crippen LogP contribution in [-0.4, -0.2) is 11.7 Å². The minimum absolute atomic E-state index is 0.00217. The monoisotopic (exact) mass is 538 g/mol. The largest absolute Gasteiger partial charge is 0.357 e. The molecule has 4 nitrogen and oxygen atoms in total. The summed E-state index contributed by atoms with van der Waals surface area (Å²) in [6.07, 6.45) is 0.963. The molecule has 38 heavy (non-hydrogen) atoms. The fraction of sp³-hybridized carbons (Fsp3) is 0.125. The molecule has 1 heterocycles. The van der Waals surface area contributed by atoms with E-state index in [2.05, 4.69) is 5.32 Å². The number of carbonyl (C=O) groups is 2. The van der Waals surface area contributed by atoms with Crippen LogP contribution in [0, 0.1) is 0 Å². The first-order valence-corrected chi connectivity index (χ1v) is 13.3. The number of nitrogens with zero attached hydrogens (tertiary/aromatic N) is 1. The number of nitrogens with one attached hydrogen (secondary N) is 1. The number of ketones is 1. The summed E-state index contributed by atoms with van der Waals surface area (Å²) in [6.45, 7) is 0. The number of anilines is 2. The van der Waals surface area contributed by atoms with Crippen LogP contribution in [0.4, 0.5) is 11.4 Å². The molecule has 0 spiro atoms. The molecule has 0 radical (unpaired) electrons. The summed E-state index contributed by atoms with van der Waals surface area (Å²) in [5, 5.41) is 4.77. The quantitative estimate of drug-likeness (QED) is 0.286. The van der Waals surface area contributed by atoms with E-state index in [1.54, 1.807) is 23.1 Å². The van der Waals surface area contributed by atoms with Gasteiger partial charge in [0.2, 0.25) is 0 Å². The van der Waals surface area contributed by atoms with E-state index in [0.29, 0.717) is 39.7 Å². The summed E-state index contributed by atoms with van der Waals surface area (Å²) in [6, 6.07) is 31.3. The lowest BCUT2D eigenvalue weighted by molar-refractivity contribution is -0.116. The number of fused-ring (bicyclic) bond motifs is 1. The topological polar surface area (TPSA) is 49.4 Å². The van der Waals surface area contributed by atoms with Gasteiger partial charge in [-0.25, -0.2) is 0 Å².